The molecule has 0 N–H and O–H groups in total. The van der Waals surface area contributed by atoms with E-state index in [2.05, 4.69) is 26.0 Å². The number of quaternary nitrogens is 1. The number of unbranched alkanes of at least 4 members (excludes halogenated alkanes) is 25. The molecule has 0 aliphatic heterocycles. The fourth-order valence-electron chi connectivity index (χ4n) is 6.22. The highest BCUT2D eigenvalue weighted by atomic mass is 31.2. The van der Waals surface area contributed by atoms with Crippen molar-refractivity contribution in [3.05, 3.63) is 12.2 Å². The van der Waals surface area contributed by atoms with E-state index >= 15 is 0 Å². The highest BCUT2D eigenvalue weighted by Gasteiger charge is 2.21. The Morgan fingerprint density at radius 1 is 0.556 bits per heavy atom. The zero-order chi connectivity index (χ0) is 40.0. The number of carbonyl (C=O) groups excluding carboxylic acids is 2. The van der Waals surface area contributed by atoms with Gasteiger partial charge in [0.05, 0.1) is 27.7 Å². The molecule has 0 saturated heterocycles. The number of nitrogens with zero attached hydrogens (tertiary/aromatic N) is 1. The lowest BCUT2D eigenvalue weighted by atomic mass is 10.0. The summed E-state index contributed by atoms with van der Waals surface area (Å²) in [6.07, 6.45) is 38.1. The number of likely N-dealkylation sites (N-methyl/N-ethyl adjacent to an activating group) is 1. The fourth-order valence-corrected chi connectivity index (χ4v) is 6.95. The second kappa shape index (κ2) is 37.3. The van der Waals surface area contributed by atoms with E-state index in [1.54, 1.807) is 0 Å². The molecule has 0 spiro atoms. The van der Waals surface area contributed by atoms with Gasteiger partial charge in [0.1, 0.15) is 19.8 Å². The summed E-state index contributed by atoms with van der Waals surface area (Å²) in [5.74, 6) is -0.836. The summed E-state index contributed by atoms with van der Waals surface area (Å²) in [6, 6.07) is 0. The number of esters is 2. The molecule has 0 aromatic rings. The lowest BCUT2D eigenvalue weighted by Gasteiger charge is -2.28. The topological polar surface area (TPSA) is 111 Å². The van der Waals surface area contributed by atoms with E-state index < -0.39 is 32.5 Å². The van der Waals surface area contributed by atoms with Gasteiger partial charge in [-0.3, -0.25) is 14.2 Å². The van der Waals surface area contributed by atoms with Crippen LogP contribution in [0.25, 0.3) is 0 Å². The molecular formula is C44H86NO8P. The van der Waals surface area contributed by atoms with Gasteiger partial charge in [-0.05, 0) is 32.1 Å². The molecular weight excluding hydrogens is 701 g/mol. The smallest absolute Gasteiger partial charge is 0.306 e. The largest absolute Gasteiger partial charge is 0.756 e. The molecule has 1 unspecified atom stereocenters. The fraction of sp³-hybridized carbons (Fsp3) is 0.909. The standard InChI is InChI=1S/C44H86NO8P/c1-6-8-10-12-14-16-18-19-20-21-22-23-24-25-27-29-31-33-35-37-44(47)53-42(41-52-54(48,49)51-39-38-45(3,4)5)40-50-43(46)36-34-32-30-28-26-17-15-13-11-9-7-2/h13,15,42H,6-12,14,16-41H2,1-5H3/b15-13+/t42-/m1/s1. The van der Waals surface area contributed by atoms with Crippen molar-refractivity contribution in [2.75, 3.05) is 47.5 Å². The van der Waals surface area contributed by atoms with Crippen molar-refractivity contribution < 1.29 is 42.1 Å². The zero-order valence-electron chi connectivity index (χ0n) is 35.9. The van der Waals surface area contributed by atoms with Gasteiger partial charge in [-0.2, -0.15) is 0 Å². The van der Waals surface area contributed by atoms with E-state index in [0.717, 1.165) is 57.8 Å². The van der Waals surface area contributed by atoms with Gasteiger partial charge in [0.2, 0.25) is 0 Å². The number of hydrogen-bond donors (Lipinski definition) is 0. The predicted octanol–water partition coefficient (Wildman–Crippen LogP) is 11.9. The molecule has 0 fully saturated rings. The van der Waals surface area contributed by atoms with Crippen LogP contribution in [-0.4, -0.2) is 70.0 Å². The minimum absolute atomic E-state index is 0.0290. The summed E-state index contributed by atoms with van der Waals surface area (Å²) in [6.45, 7) is 4.20. The number of allylic oxidation sites excluding steroid dienone is 2. The molecule has 0 saturated carbocycles. The van der Waals surface area contributed by atoms with Crippen molar-refractivity contribution in [2.45, 2.75) is 213 Å². The first-order valence-electron chi connectivity index (χ1n) is 22.4. The summed E-state index contributed by atoms with van der Waals surface area (Å²) in [5.41, 5.74) is 0. The Morgan fingerprint density at radius 2 is 0.963 bits per heavy atom. The van der Waals surface area contributed by atoms with Gasteiger partial charge in [0.15, 0.2) is 6.10 Å². The Kier molecular flexibility index (Phi) is 36.5. The number of carbonyl (C=O) groups is 2. The van der Waals surface area contributed by atoms with Crippen LogP contribution in [-0.2, 0) is 32.7 Å². The van der Waals surface area contributed by atoms with Crippen molar-refractivity contribution in [1.29, 1.82) is 0 Å². The predicted molar refractivity (Wildman–Crippen MR) is 222 cm³/mol. The quantitative estimate of drug-likeness (QED) is 0.0198. The van der Waals surface area contributed by atoms with Crippen LogP contribution in [0.2, 0.25) is 0 Å². The Bertz CT molecular complexity index is 938. The van der Waals surface area contributed by atoms with Crippen LogP contribution < -0.4 is 4.89 Å². The maximum absolute atomic E-state index is 12.7. The molecule has 10 heteroatoms. The second-order valence-corrected chi connectivity index (χ2v) is 17.8. The van der Waals surface area contributed by atoms with Crippen molar-refractivity contribution in [2.24, 2.45) is 0 Å². The van der Waals surface area contributed by atoms with Crippen LogP contribution >= 0.6 is 7.82 Å². The summed E-state index contributed by atoms with van der Waals surface area (Å²) < 4.78 is 33.9. The number of phosphoric acid groups is 1. The molecule has 0 rings (SSSR count). The summed E-state index contributed by atoms with van der Waals surface area (Å²) in [4.78, 5) is 37.5. The van der Waals surface area contributed by atoms with Crippen LogP contribution in [0.1, 0.15) is 206 Å². The van der Waals surface area contributed by atoms with E-state index in [1.165, 1.54) is 116 Å². The van der Waals surface area contributed by atoms with Crippen LogP contribution in [0.4, 0.5) is 0 Å². The molecule has 0 radical (unpaired) electrons. The molecule has 0 heterocycles. The molecule has 0 aromatic carbocycles. The molecule has 320 valence electrons. The molecule has 2 atom stereocenters. The molecule has 0 aliphatic carbocycles. The molecule has 9 nitrogen and oxygen atoms in total. The minimum Gasteiger partial charge on any atom is -0.756 e. The minimum atomic E-state index is -4.62. The van der Waals surface area contributed by atoms with E-state index in [4.69, 9.17) is 18.5 Å². The Hall–Kier alpha value is -1.25. The number of rotatable bonds is 41. The molecule has 54 heavy (non-hydrogen) atoms. The number of ether oxygens (including phenoxy) is 2. The van der Waals surface area contributed by atoms with Crippen molar-refractivity contribution in [1.82, 2.24) is 0 Å². The van der Waals surface area contributed by atoms with Gasteiger partial charge in [-0.25, -0.2) is 0 Å². The first-order valence-corrected chi connectivity index (χ1v) is 23.9. The maximum atomic E-state index is 12.7. The van der Waals surface area contributed by atoms with Crippen molar-refractivity contribution in [3.63, 3.8) is 0 Å². The normalized spacial score (nSPS) is 13.7. The molecule has 0 aliphatic rings. The number of phosphoric ester groups is 1. The molecule has 0 amide bonds. The maximum Gasteiger partial charge on any atom is 0.306 e. The van der Waals surface area contributed by atoms with E-state index in [-0.39, 0.29) is 26.1 Å². The van der Waals surface area contributed by atoms with Gasteiger partial charge >= 0.3 is 11.9 Å². The Morgan fingerprint density at radius 3 is 1.43 bits per heavy atom. The van der Waals surface area contributed by atoms with Crippen LogP contribution in [0.3, 0.4) is 0 Å². The Balaban J connectivity index is 4.27. The first-order chi connectivity index (χ1) is 26.0. The lowest BCUT2D eigenvalue weighted by Crippen LogP contribution is -2.37. The van der Waals surface area contributed by atoms with Gasteiger partial charge in [-0.1, -0.05) is 174 Å². The van der Waals surface area contributed by atoms with E-state index in [1.807, 2.05) is 21.1 Å². The SMILES string of the molecule is CCCC/C=C/CCCCCCCC(=O)OC[C@H](COP(=O)([O-])OCC[N+](C)(C)C)OC(=O)CCCCCCCCCCCCCCCCCCCCC. The average molecular weight is 788 g/mol. The summed E-state index contributed by atoms with van der Waals surface area (Å²) in [5, 5.41) is 0. The van der Waals surface area contributed by atoms with Gasteiger partial charge in [0, 0.05) is 12.8 Å². The monoisotopic (exact) mass is 788 g/mol. The molecule has 0 aromatic heterocycles. The van der Waals surface area contributed by atoms with Gasteiger partial charge in [-0.15, -0.1) is 0 Å². The van der Waals surface area contributed by atoms with Crippen molar-refractivity contribution >= 4 is 19.8 Å². The summed E-state index contributed by atoms with van der Waals surface area (Å²) in [7, 11) is 1.17. The third kappa shape index (κ3) is 40.4. The van der Waals surface area contributed by atoms with Crippen LogP contribution in [0.5, 0.6) is 0 Å². The van der Waals surface area contributed by atoms with E-state index in [9.17, 15) is 19.0 Å². The molecule has 0 bridgehead atoms. The van der Waals surface area contributed by atoms with Gasteiger partial charge in [0.25, 0.3) is 7.82 Å². The lowest BCUT2D eigenvalue weighted by molar-refractivity contribution is -0.870. The van der Waals surface area contributed by atoms with Crippen molar-refractivity contribution in [3.8, 4) is 0 Å². The van der Waals surface area contributed by atoms with E-state index in [0.29, 0.717) is 17.4 Å². The highest BCUT2D eigenvalue weighted by Crippen LogP contribution is 2.38. The first kappa shape index (κ1) is 52.8. The van der Waals surface area contributed by atoms with Gasteiger partial charge < -0.3 is 27.9 Å². The summed E-state index contributed by atoms with van der Waals surface area (Å²) >= 11 is 0. The van der Waals surface area contributed by atoms with Crippen LogP contribution in [0.15, 0.2) is 12.2 Å². The van der Waals surface area contributed by atoms with Crippen LogP contribution in [0, 0.1) is 0 Å². The third-order valence-electron chi connectivity index (χ3n) is 9.79. The number of hydrogen-bond acceptors (Lipinski definition) is 8. The Labute approximate surface area is 333 Å². The second-order valence-electron chi connectivity index (χ2n) is 16.4. The average Bonchev–Trinajstić information content (AvgIpc) is 3.12. The highest BCUT2D eigenvalue weighted by molar-refractivity contribution is 7.45. The zero-order valence-corrected chi connectivity index (χ0v) is 36.8. The third-order valence-corrected chi connectivity index (χ3v) is 10.7.